The molecule has 0 heterocycles. The van der Waals surface area contributed by atoms with Gasteiger partial charge in [0.1, 0.15) is 0 Å². The third kappa shape index (κ3) is 7.37. The van der Waals surface area contributed by atoms with Crippen LogP contribution in [0.15, 0.2) is 0 Å². The monoisotopic (exact) mass is 275 g/mol. The molecule has 1 saturated carbocycles. The summed E-state index contributed by atoms with van der Waals surface area (Å²) in [6, 6.07) is 0. The molecule has 0 unspecified atom stereocenters. The molecule has 0 aliphatic heterocycles. The summed E-state index contributed by atoms with van der Waals surface area (Å²) in [5.74, 6) is 1.93. The summed E-state index contributed by atoms with van der Waals surface area (Å²) in [6.45, 7) is 6.32. The van der Waals surface area contributed by atoms with Gasteiger partial charge in [-0.1, -0.05) is 26.7 Å². The predicted octanol–water partition coefficient (Wildman–Crippen LogP) is 2.62. The molecule has 1 aliphatic carbocycles. The van der Waals surface area contributed by atoms with E-state index in [4.69, 9.17) is 0 Å². The van der Waals surface area contributed by atoms with E-state index in [0.29, 0.717) is 23.3 Å². The second kappa shape index (κ2) is 8.16. The molecule has 1 aliphatic rings. The Morgan fingerprint density at radius 3 is 2.44 bits per heavy atom. The second-order valence-electron chi connectivity index (χ2n) is 6.07. The number of unbranched alkanes of at least 4 members (excludes halogenated alkanes) is 1. The van der Waals surface area contributed by atoms with E-state index in [0.717, 1.165) is 38.8 Å². The highest BCUT2D eigenvalue weighted by Crippen LogP contribution is 2.26. The van der Waals surface area contributed by atoms with Gasteiger partial charge < -0.3 is 5.32 Å². The minimum atomic E-state index is -2.80. The Morgan fingerprint density at radius 1 is 1.17 bits per heavy atom. The summed E-state index contributed by atoms with van der Waals surface area (Å²) in [5, 5.41) is 3.35. The number of sulfone groups is 1. The standard InChI is InChI=1S/C14H29NO2S/c1-13(2)11-15-9-5-6-10-18(16,17)12-14-7-3-4-8-14/h13-15H,3-12H2,1-2H3. The largest absolute Gasteiger partial charge is 0.316 e. The van der Waals surface area contributed by atoms with Crippen LogP contribution in [0.3, 0.4) is 0 Å². The van der Waals surface area contributed by atoms with Gasteiger partial charge >= 0.3 is 0 Å². The van der Waals surface area contributed by atoms with Crippen LogP contribution >= 0.6 is 0 Å². The van der Waals surface area contributed by atoms with Crippen LogP contribution in [0.2, 0.25) is 0 Å². The van der Waals surface area contributed by atoms with Crippen molar-refractivity contribution in [3.63, 3.8) is 0 Å². The molecule has 0 atom stereocenters. The summed E-state index contributed by atoms with van der Waals surface area (Å²) < 4.78 is 23.8. The lowest BCUT2D eigenvalue weighted by Crippen LogP contribution is -2.22. The van der Waals surface area contributed by atoms with Crippen LogP contribution in [0.25, 0.3) is 0 Å². The Kier molecular flexibility index (Phi) is 7.23. The summed E-state index contributed by atoms with van der Waals surface area (Å²) in [5.41, 5.74) is 0. The maximum absolute atomic E-state index is 11.9. The van der Waals surface area contributed by atoms with Gasteiger partial charge in [-0.15, -0.1) is 0 Å². The molecule has 108 valence electrons. The number of nitrogens with one attached hydrogen (secondary N) is 1. The Labute approximate surface area is 113 Å². The zero-order chi connectivity index (χ0) is 13.4. The van der Waals surface area contributed by atoms with Crippen LogP contribution in [0.4, 0.5) is 0 Å². The van der Waals surface area contributed by atoms with Crippen molar-refractivity contribution < 1.29 is 8.42 Å². The molecule has 3 nitrogen and oxygen atoms in total. The first-order valence-electron chi connectivity index (χ1n) is 7.41. The predicted molar refractivity (Wildman–Crippen MR) is 77.6 cm³/mol. The van der Waals surface area contributed by atoms with E-state index in [-0.39, 0.29) is 0 Å². The third-order valence-electron chi connectivity index (χ3n) is 3.58. The van der Waals surface area contributed by atoms with Crippen molar-refractivity contribution in [2.24, 2.45) is 11.8 Å². The molecular formula is C14H29NO2S. The zero-order valence-electron chi connectivity index (χ0n) is 12.0. The summed E-state index contributed by atoms with van der Waals surface area (Å²) in [6.07, 6.45) is 6.46. The molecule has 1 N–H and O–H groups in total. The van der Waals surface area contributed by atoms with Crippen LogP contribution in [0.5, 0.6) is 0 Å². The van der Waals surface area contributed by atoms with Gasteiger partial charge in [0.2, 0.25) is 0 Å². The van der Waals surface area contributed by atoms with Crippen molar-refractivity contribution in [1.29, 1.82) is 0 Å². The Hall–Kier alpha value is -0.0900. The maximum atomic E-state index is 11.9. The quantitative estimate of drug-likeness (QED) is 0.658. The van der Waals surface area contributed by atoms with E-state index in [1.807, 2.05) is 0 Å². The molecule has 0 spiro atoms. The fourth-order valence-electron chi connectivity index (χ4n) is 2.58. The molecule has 4 heteroatoms. The molecule has 0 aromatic heterocycles. The van der Waals surface area contributed by atoms with Crippen molar-refractivity contribution in [3.8, 4) is 0 Å². The van der Waals surface area contributed by atoms with Crippen LogP contribution in [-0.2, 0) is 9.84 Å². The van der Waals surface area contributed by atoms with Crippen molar-refractivity contribution in [2.45, 2.75) is 52.4 Å². The Balaban J connectivity index is 2.06. The van der Waals surface area contributed by atoms with E-state index in [9.17, 15) is 8.42 Å². The van der Waals surface area contributed by atoms with E-state index >= 15 is 0 Å². The normalized spacial score (nSPS) is 17.7. The minimum Gasteiger partial charge on any atom is -0.316 e. The van der Waals surface area contributed by atoms with Gasteiger partial charge in [-0.05, 0) is 50.6 Å². The molecule has 1 fully saturated rings. The van der Waals surface area contributed by atoms with Crippen LogP contribution in [0.1, 0.15) is 52.4 Å². The molecule has 0 aromatic rings. The maximum Gasteiger partial charge on any atom is 0.150 e. The van der Waals surface area contributed by atoms with Crippen molar-refractivity contribution in [2.75, 3.05) is 24.6 Å². The van der Waals surface area contributed by atoms with Gasteiger partial charge in [0.25, 0.3) is 0 Å². The molecule has 0 aromatic carbocycles. The molecular weight excluding hydrogens is 246 g/mol. The fourth-order valence-corrected chi connectivity index (χ4v) is 4.44. The Bertz CT molecular complexity index is 306. The lowest BCUT2D eigenvalue weighted by atomic mass is 10.1. The van der Waals surface area contributed by atoms with E-state index in [1.165, 1.54) is 12.8 Å². The molecule has 0 saturated heterocycles. The minimum absolute atomic E-state index is 0.382. The average Bonchev–Trinajstić information content (AvgIpc) is 2.74. The van der Waals surface area contributed by atoms with Gasteiger partial charge in [0.05, 0.1) is 11.5 Å². The number of rotatable bonds is 9. The van der Waals surface area contributed by atoms with Crippen LogP contribution in [0, 0.1) is 11.8 Å². The highest BCUT2D eigenvalue weighted by Gasteiger charge is 2.21. The summed E-state index contributed by atoms with van der Waals surface area (Å²) in [7, 11) is -2.80. The SMILES string of the molecule is CC(C)CNCCCCS(=O)(=O)CC1CCCC1. The lowest BCUT2D eigenvalue weighted by molar-refractivity contribution is 0.534. The highest BCUT2D eigenvalue weighted by molar-refractivity contribution is 7.91. The highest BCUT2D eigenvalue weighted by atomic mass is 32.2. The lowest BCUT2D eigenvalue weighted by Gasteiger charge is -2.10. The topological polar surface area (TPSA) is 46.2 Å². The van der Waals surface area contributed by atoms with E-state index < -0.39 is 9.84 Å². The molecule has 0 amide bonds. The first kappa shape index (κ1) is 16.0. The van der Waals surface area contributed by atoms with Gasteiger partial charge in [0, 0.05) is 0 Å². The van der Waals surface area contributed by atoms with Crippen molar-refractivity contribution in [3.05, 3.63) is 0 Å². The van der Waals surface area contributed by atoms with Crippen LogP contribution < -0.4 is 5.32 Å². The summed E-state index contributed by atoms with van der Waals surface area (Å²) >= 11 is 0. The fraction of sp³-hybridized carbons (Fsp3) is 1.00. The number of hydrogen-bond acceptors (Lipinski definition) is 3. The van der Waals surface area contributed by atoms with Gasteiger partial charge in [0.15, 0.2) is 9.84 Å². The Morgan fingerprint density at radius 2 is 1.83 bits per heavy atom. The molecule has 0 bridgehead atoms. The van der Waals surface area contributed by atoms with Gasteiger partial charge in [-0.2, -0.15) is 0 Å². The van der Waals surface area contributed by atoms with Crippen molar-refractivity contribution >= 4 is 9.84 Å². The van der Waals surface area contributed by atoms with Gasteiger partial charge in [-0.25, -0.2) is 8.42 Å². The molecule has 1 rings (SSSR count). The van der Waals surface area contributed by atoms with Gasteiger partial charge in [-0.3, -0.25) is 0 Å². The van der Waals surface area contributed by atoms with Crippen LogP contribution in [-0.4, -0.2) is 33.0 Å². The number of hydrogen-bond donors (Lipinski definition) is 1. The van der Waals surface area contributed by atoms with E-state index in [1.54, 1.807) is 0 Å². The molecule has 0 radical (unpaired) electrons. The average molecular weight is 275 g/mol. The molecule has 18 heavy (non-hydrogen) atoms. The first-order valence-corrected chi connectivity index (χ1v) is 9.23. The van der Waals surface area contributed by atoms with E-state index in [2.05, 4.69) is 19.2 Å². The van der Waals surface area contributed by atoms with Crippen molar-refractivity contribution in [1.82, 2.24) is 5.32 Å². The summed E-state index contributed by atoms with van der Waals surface area (Å²) in [4.78, 5) is 0. The zero-order valence-corrected chi connectivity index (χ0v) is 12.8. The third-order valence-corrected chi connectivity index (χ3v) is 5.47. The smallest absolute Gasteiger partial charge is 0.150 e. The second-order valence-corrected chi connectivity index (χ2v) is 8.30. The first-order chi connectivity index (χ1) is 8.49.